The van der Waals surface area contributed by atoms with Crippen molar-refractivity contribution in [1.29, 1.82) is 0 Å². The second-order valence-electron chi connectivity index (χ2n) is 8.40. The van der Waals surface area contributed by atoms with E-state index in [1.54, 1.807) is 9.80 Å². The van der Waals surface area contributed by atoms with Gasteiger partial charge < -0.3 is 14.7 Å². The van der Waals surface area contributed by atoms with Crippen molar-refractivity contribution in [2.45, 2.75) is 52.0 Å². The second kappa shape index (κ2) is 8.66. The van der Waals surface area contributed by atoms with Crippen LogP contribution in [0.15, 0.2) is 18.2 Å². The lowest BCUT2D eigenvalue weighted by atomic mass is 9.95. The summed E-state index contributed by atoms with van der Waals surface area (Å²) in [6, 6.07) is 5.43. The van der Waals surface area contributed by atoms with Gasteiger partial charge in [0.2, 0.25) is 11.8 Å². The van der Waals surface area contributed by atoms with Crippen LogP contribution in [0.1, 0.15) is 56.3 Å². The first kappa shape index (κ1) is 20.7. The molecular weight excluding hydrogens is 380 g/mol. The number of likely N-dealkylation sites (tertiary alicyclic amines) is 1. The van der Waals surface area contributed by atoms with Crippen LogP contribution in [0.5, 0.6) is 0 Å². The summed E-state index contributed by atoms with van der Waals surface area (Å²) in [6.07, 6.45) is 4.93. The summed E-state index contributed by atoms with van der Waals surface area (Å²) >= 11 is 0. The number of anilines is 2. The first-order valence-corrected chi connectivity index (χ1v) is 11.3. The molecule has 30 heavy (non-hydrogen) atoms. The maximum atomic E-state index is 13.4. The van der Waals surface area contributed by atoms with Crippen molar-refractivity contribution in [2.24, 2.45) is 0 Å². The summed E-state index contributed by atoms with van der Waals surface area (Å²) in [5, 5.41) is 0. The van der Waals surface area contributed by atoms with Crippen molar-refractivity contribution in [1.82, 2.24) is 9.80 Å². The Kier molecular flexibility index (Phi) is 5.97. The maximum Gasteiger partial charge on any atom is 0.253 e. The molecule has 3 heterocycles. The molecular formula is C23H32N4O3. The Morgan fingerprint density at radius 3 is 2.40 bits per heavy atom. The van der Waals surface area contributed by atoms with Crippen LogP contribution in [0.25, 0.3) is 0 Å². The SMILES string of the molecule is CCN(CC)C(=O)c1ccc2c(c1)N(CC(=O)N1CCCC1)C(=O)C1CCCCN21. The monoisotopic (exact) mass is 412 g/mol. The maximum absolute atomic E-state index is 13.4. The van der Waals surface area contributed by atoms with E-state index in [0.29, 0.717) is 24.3 Å². The summed E-state index contributed by atoms with van der Waals surface area (Å²) in [4.78, 5) is 46.7. The molecule has 0 saturated carbocycles. The quantitative estimate of drug-likeness (QED) is 0.745. The summed E-state index contributed by atoms with van der Waals surface area (Å²) in [6.45, 7) is 7.62. The van der Waals surface area contributed by atoms with Crippen LogP contribution in [0.3, 0.4) is 0 Å². The van der Waals surface area contributed by atoms with Gasteiger partial charge in [0.25, 0.3) is 5.91 Å². The summed E-state index contributed by atoms with van der Waals surface area (Å²) in [7, 11) is 0. The Morgan fingerprint density at radius 2 is 1.70 bits per heavy atom. The molecule has 0 bridgehead atoms. The van der Waals surface area contributed by atoms with Gasteiger partial charge in [0.1, 0.15) is 12.6 Å². The zero-order chi connectivity index (χ0) is 21.3. The predicted octanol–water partition coefficient (Wildman–Crippen LogP) is 2.50. The van der Waals surface area contributed by atoms with E-state index in [2.05, 4.69) is 4.90 Å². The van der Waals surface area contributed by atoms with E-state index < -0.39 is 0 Å². The first-order valence-electron chi connectivity index (χ1n) is 11.3. The average Bonchev–Trinajstić information content (AvgIpc) is 3.32. The third-order valence-electron chi connectivity index (χ3n) is 6.68. The van der Waals surface area contributed by atoms with E-state index in [0.717, 1.165) is 57.4 Å². The molecule has 0 radical (unpaired) electrons. The van der Waals surface area contributed by atoms with Crippen LogP contribution in [-0.2, 0) is 9.59 Å². The van der Waals surface area contributed by atoms with Crippen molar-refractivity contribution >= 4 is 29.1 Å². The highest BCUT2D eigenvalue weighted by molar-refractivity contribution is 6.09. The number of nitrogens with zero attached hydrogens (tertiary/aromatic N) is 4. The fraction of sp³-hybridized carbons (Fsp3) is 0.609. The highest BCUT2D eigenvalue weighted by Crippen LogP contribution is 2.40. The highest BCUT2D eigenvalue weighted by Gasteiger charge is 2.41. The third-order valence-corrected chi connectivity index (χ3v) is 6.68. The number of hydrogen-bond donors (Lipinski definition) is 0. The van der Waals surface area contributed by atoms with Gasteiger partial charge in [-0.05, 0) is 64.2 Å². The zero-order valence-electron chi connectivity index (χ0n) is 18.1. The molecule has 1 atom stereocenters. The van der Waals surface area contributed by atoms with Gasteiger partial charge in [-0.3, -0.25) is 19.3 Å². The smallest absolute Gasteiger partial charge is 0.253 e. The molecule has 0 aromatic heterocycles. The van der Waals surface area contributed by atoms with Gasteiger partial charge in [-0.15, -0.1) is 0 Å². The number of rotatable bonds is 5. The molecule has 0 spiro atoms. The lowest BCUT2D eigenvalue weighted by Crippen LogP contribution is -2.57. The lowest BCUT2D eigenvalue weighted by molar-refractivity contribution is -0.131. The van der Waals surface area contributed by atoms with Gasteiger partial charge in [-0.1, -0.05) is 0 Å². The fourth-order valence-electron chi connectivity index (χ4n) is 4.95. The molecule has 7 heteroatoms. The minimum Gasteiger partial charge on any atom is -0.358 e. The number of hydrogen-bond acceptors (Lipinski definition) is 4. The summed E-state index contributed by atoms with van der Waals surface area (Å²) < 4.78 is 0. The van der Waals surface area contributed by atoms with Crippen molar-refractivity contribution in [2.75, 3.05) is 49.1 Å². The van der Waals surface area contributed by atoms with Crippen LogP contribution in [0.2, 0.25) is 0 Å². The zero-order valence-corrected chi connectivity index (χ0v) is 18.1. The van der Waals surface area contributed by atoms with Crippen LogP contribution in [0.4, 0.5) is 11.4 Å². The summed E-state index contributed by atoms with van der Waals surface area (Å²) in [5.74, 6) is -0.0550. The lowest BCUT2D eigenvalue weighted by Gasteiger charge is -2.45. The van der Waals surface area contributed by atoms with E-state index in [4.69, 9.17) is 0 Å². The molecule has 0 N–H and O–H groups in total. The van der Waals surface area contributed by atoms with Crippen LogP contribution < -0.4 is 9.80 Å². The van der Waals surface area contributed by atoms with Crippen molar-refractivity contribution < 1.29 is 14.4 Å². The number of piperidine rings is 1. The second-order valence-corrected chi connectivity index (χ2v) is 8.40. The average molecular weight is 413 g/mol. The Hall–Kier alpha value is -2.57. The van der Waals surface area contributed by atoms with E-state index >= 15 is 0 Å². The van der Waals surface area contributed by atoms with Gasteiger partial charge in [-0.25, -0.2) is 0 Å². The van der Waals surface area contributed by atoms with Gasteiger partial charge in [0, 0.05) is 38.3 Å². The Bertz CT molecular complexity index is 830. The molecule has 4 rings (SSSR count). The molecule has 162 valence electrons. The molecule has 7 nitrogen and oxygen atoms in total. The van der Waals surface area contributed by atoms with E-state index in [1.807, 2.05) is 36.9 Å². The van der Waals surface area contributed by atoms with Crippen molar-refractivity contribution in [3.05, 3.63) is 23.8 Å². The number of carbonyl (C=O) groups excluding carboxylic acids is 3. The number of amides is 3. The van der Waals surface area contributed by atoms with Crippen molar-refractivity contribution in [3.8, 4) is 0 Å². The Morgan fingerprint density at radius 1 is 1.00 bits per heavy atom. The van der Waals surface area contributed by atoms with Crippen LogP contribution in [0, 0.1) is 0 Å². The molecule has 3 aliphatic heterocycles. The van der Waals surface area contributed by atoms with Crippen LogP contribution in [-0.4, -0.2) is 72.8 Å². The highest BCUT2D eigenvalue weighted by atomic mass is 16.2. The largest absolute Gasteiger partial charge is 0.358 e. The fourth-order valence-corrected chi connectivity index (χ4v) is 4.95. The van der Waals surface area contributed by atoms with Gasteiger partial charge >= 0.3 is 0 Å². The molecule has 3 aliphatic rings. The van der Waals surface area contributed by atoms with Crippen LogP contribution >= 0.6 is 0 Å². The molecule has 3 amide bonds. The topological polar surface area (TPSA) is 64.2 Å². The van der Waals surface area contributed by atoms with E-state index in [9.17, 15) is 14.4 Å². The minimum atomic E-state index is -0.207. The molecule has 2 saturated heterocycles. The molecule has 1 aromatic rings. The molecule has 2 fully saturated rings. The standard InChI is InChI=1S/C23H32N4O3/c1-3-24(4-2)22(29)17-10-11-18-20(15-17)27(16-21(28)25-12-7-8-13-25)23(30)19-9-5-6-14-26(18)19/h10-11,15,19H,3-9,12-14,16H2,1-2H3. The Labute approximate surface area is 178 Å². The number of fused-ring (bicyclic) bond motifs is 3. The molecule has 1 aromatic carbocycles. The predicted molar refractivity (Wildman–Crippen MR) is 117 cm³/mol. The minimum absolute atomic E-state index is 0.00321. The normalized spacial score (nSPS) is 20.8. The van der Waals surface area contributed by atoms with Gasteiger partial charge in [0.15, 0.2) is 0 Å². The van der Waals surface area contributed by atoms with Gasteiger partial charge in [-0.2, -0.15) is 0 Å². The van der Waals surface area contributed by atoms with E-state index in [-0.39, 0.29) is 30.3 Å². The number of carbonyl (C=O) groups is 3. The molecule has 1 unspecified atom stereocenters. The van der Waals surface area contributed by atoms with E-state index in [1.165, 1.54) is 0 Å². The number of benzene rings is 1. The first-order chi connectivity index (χ1) is 14.5. The Balaban J connectivity index is 1.70. The van der Waals surface area contributed by atoms with Gasteiger partial charge in [0.05, 0.1) is 11.4 Å². The molecule has 0 aliphatic carbocycles. The third kappa shape index (κ3) is 3.66. The summed E-state index contributed by atoms with van der Waals surface area (Å²) in [5.41, 5.74) is 2.23. The van der Waals surface area contributed by atoms with Crippen molar-refractivity contribution in [3.63, 3.8) is 0 Å².